The van der Waals surface area contributed by atoms with Crippen LogP contribution in [0, 0.1) is 18.8 Å². The smallest absolute Gasteiger partial charge is 0.251 e. The van der Waals surface area contributed by atoms with Crippen molar-refractivity contribution in [3.05, 3.63) is 54.1 Å². The van der Waals surface area contributed by atoms with E-state index in [2.05, 4.69) is 13.2 Å². The van der Waals surface area contributed by atoms with E-state index in [0.29, 0.717) is 36.6 Å². The van der Waals surface area contributed by atoms with Crippen LogP contribution in [-0.2, 0) is 14.4 Å². The number of halogens is 1. The largest absolute Gasteiger partial charge is 0.396 e. The molecular formula is C29H38ClN3O4S. The van der Waals surface area contributed by atoms with Crippen LogP contribution in [0.25, 0.3) is 0 Å². The average Bonchev–Trinajstić information content (AvgIpc) is 3.53. The van der Waals surface area contributed by atoms with Crippen molar-refractivity contribution in [1.82, 2.24) is 9.80 Å². The Morgan fingerprint density at radius 2 is 2.00 bits per heavy atom. The van der Waals surface area contributed by atoms with Crippen LogP contribution in [0.15, 0.2) is 43.5 Å². The first-order chi connectivity index (χ1) is 18.3. The summed E-state index contributed by atoms with van der Waals surface area (Å²) in [5.41, 5.74) is 1.46. The Kier molecular flexibility index (Phi) is 8.95. The maximum Gasteiger partial charge on any atom is 0.251 e. The van der Waals surface area contributed by atoms with Gasteiger partial charge in [0.2, 0.25) is 11.8 Å². The number of rotatable bonds is 12. The third kappa shape index (κ3) is 4.69. The summed E-state index contributed by atoms with van der Waals surface area (Å²) in [5, 5.41) is 10.1. The predicted octanol–water partition coefficient (Wildman–Crippen LogP) is 4.07. The summed E-state index contributed by atoms with van der Waals surface area (Å²) in [6.45, 7) is 13.0. The highest BCUT2D eigenvalue weighted by Crippen LogP contribution is 2.66. The van der Waals surface area contributed by atoms with Gasteiger partial charge < -0.3 is 19.8 Å². The van der Waals surface area contributed by atoms with Crippen molar-refractivity contribution >= 4 is 46.8 Å². The molecule has 2 unspecified atom stereocenters. The second-order valence-corrected chi connectivity index (χ2v) is 12.4. The summed E-state index contributed by atoms with van der Waals surface area (Å²) in [4.78, 5) is 47.6. The highest BCUT2D eigenvalue weighted by molar-refractivity contribution is 8.02. The van der Waals surface area contributed by atoms with Gasteiger partial charge >= 0.3 is 0 Å². The molecule has 3 aliphatic heterocycles. The second kappa shape index (κ2) is 11.8. The molecule has 1 aromatic carbocycles. The van der Waals surface area contributed by atoms with Crippen LogP contribution in [-0.4, -0.2) is 81.5 Å². The van der Waals surface area contributed by atoms with Gasteiger partial charge in [-0.15, -0.1) is 24.9 Å². The number of fused-ring (bicyclic) bond motifs is 1. The molecule has 5 atom stereocenters. The Balaban J connectivity index is 1.78. The molecule has 3 fully saturated rings. The van der Waals surface area contributed by atoms with E-state index in [9.17, 15) is 19.5 Å². The highest BCUT2D eigenvalue weighted by atomic mass is 35.5. The van der Waals surface area contributed by atoms with Crippen LogP contribution in [0.1, 0.15) is 38.2 Å². The van der Waals surface area contributed by atoms with Gasteiger partial charge in [-0.25, -0.2) is 0 Å². The summed E-state index contributed by atoms with van der Waals surface area (Å²) in [7, 11) is 0. The van der Waals surface area contributed by atoms with Crippen LogP contribution in [0.3, 0.4) is 0 Å². The second-order valence-electron chi connectivity index (χ2n) is 10.4. The van der Waals surface area contributed by atoms with E-state index in [-0.39, 0.29) is 42.7 Å². The zero-order valence-corrected chi connectivity index (χ0v) is 23.8. The lowest BCUT2D eigenvalue weighted by Crippen LogP contribution is -2.55. The Labute approximate surface area is 234 Å². The Morgan fingerprint density at radius 1 is 1.26 bits per heavy atom. The maximum atomic E-state index is 14.5. The fourth-order valence-corrected chi connectivity index (χ4v) is 9.19. The number of nitrogens with zero attached hydrogens (tertiary/aromatic N) is 3. The third-order valence-electron chi connectivity index (χ3n) is 8.07. The van der Waals surface area contributed by atoms with E-state index in [1.54, 1.807) is 44.7 Å². The third-order valence-corrected chi connectivity index (χ3v) is 10.3. The molecule has 3 amide bonds. The van der Waals surface area contributed by atoms with Crippen molar-refractivity contribution in [3.8, 4) is 0 Å². The molecule has 1 spiro atoms. The van der Waals surface area contributed by atoms with Crippen molar-refractivity contribution in [2.24, 2.45) is 11.8 Å². The number of hydrogen-bond acceptors (Lipinski definition) is 5. The molecule has 4 rings (SSSR count). The zero-order chi connectivity index (χ0) is 27.6. The first-order valence-electron chi connectivity index (χ1n) is 13.4. The van der Waals surface area contributed by atoms with Crippen molar-refractivity contribution in [2.75, 3.05) is 37.7 Å². The number of para-hydroxylation sites is 1. The van der Waals surface area contributed by atoms with E-state index >= 15 is 0 Å². The van der Waals surface area contributed by atoms with Gasteiger partial charge in [0.15, 0.2) is 0 Å². The fraction of sp³-hybridized carbons (Fsp3) is 0.552. The molecule has 0 saturated carbocycles. The molecule has 0 radical (unpaired) electrons. The summed E-state index contributed by atoms with van der Waals surface area (Å²) < 4.78 is -0.699. The molecule has 0 aliphatic carbocycles. The molecule has 1 aromatic rings. The van der Waals surface area contributed by atoms with Crippen molar-refractivity contribution in [3.63, 3.8) is 0 Å². The number of amides is 3. The van der Waals surface area contributed by atoms with Gasteiger partial charge in [0.1, 0.15) is 6.04 Å². The normalized spacial score (nSPS) is 27.4. The van der Waals surface area contributed by atoms with E-state index in [1.807, 2.05) is 26.0 Å². The summed E-state index contributed by atoms with van der Waals surface area (Å²) >= 11 is 8.25. The molecule has 3 saturated heterocycles. The number of hydrogen-bond donors (Lipinski definition) is 1. The molecule has 206 valence electrons. The summed E-state index contributed by atoms with van der Waals surface area (Å²) in [6, 6.07) is 4.75. The van der Waals surface area contributed by atoms with Crippen LogP contribution in [0.5, 0.6) is 0 Å². The van der Waals surface area contributed by atoms with Gasteiger partial charge in [0.25, 0.3) is 5.91 Å². The minimum absolute atomic E-state index is 0.00850. The van der Waals surface area contributed by atoms with Gasteiger partial charge in [0, 0.05) is 38.0 Å². The average molecular weight is 560 g/mol. The zero-order valence-electron chi connectivity index (χ0n) is 22.3. The number of likely N-dealkylation sites (tertiary alicyclic amines) is 1. The molecule has 3 aliphatic rings. The van der Waals surface area contributed by atoms with Gasteiger partial charge in [-0.05, 0) is 44.2 Å². The van der Waals surface area contributed by atoms with E-state index < -0.39 is 22.6 Å². The predicted molar refractivity (Wildman–Crippen MR) is 153 cm³/mol. The molecule has 1 N–H and O–H groups in total. The highest BCUT2D eigenvalue weighted by Gasteiger charge is 2.74. The van der Waals surface area contributed by atoms with Crippen LogP contribution in [0.4, 0.5) is 5.69 Å². The lowest BCUT2D eigenvalue weighted by atomic mass is 9.70. The number of aliphatic hydroxyl groups excluding tert-OH is 1. The summed E-state index contributed by atoms with van der Waals surface area (Å²) in [5.74, 6) is -1.45. The number of carbonyl (C=O) groups is 3. The van der Waals surface area contributed by atoms with Crippen molar-refractivity contribution in [1.29, 1.82) is 0 Å². The Morgan fingerprint density at radius 3 is 2.63 bits per heavy atom. The number of benzene rings is 1. The summed E-state index contributed by atoms with van der Waals surface area (Å²) in [6.07, 6.45) is 6.02. The quantitative estimate of drug-likeness (QED) is 0.391. The van der Waals surface area contributed by atoms with Gasteiger partial charge in [-0.1, -0.05) is 42.8 Å². The molecule has 7 nitrogen and oxygen atoms in total. The number of thioether (sulfide) groups is 1. The monoisotopic (exact) mass is 559 g/mol. The molecule has 0 aromatic heterocycles. The van der Waals surface area contributed by atoms with Crippen molar-refractivity contribution in [2.45, 2.75) is 55.6 Å². The van der Waals surface area contributed by atoms with Crippen molar-refractivity contribution < 1.29 is 19.5 Å². The lowest BCUT2D eigenvalue weighted by Gasteiger charge is -2.38. The molecule has 2 bridgehead atoms. The molecule has 9 heteroatoms. The molecule has 38 heavy (non-hydrogen) atoms. The van der Waals surface area contributed by atoms with Gasteiger partial charge in [0.05, 0.1) is 27.3 Å². The van der Waals surface area contributed by atoms with E-state index in [0.717, 1.165) is 18.4 Å². The van der Waals surface area contributed by atoms with Gasteiger partial charge in [-0.2, -0.15) is 0 Å². The van der Waals surface area contributed by atoms with E-state index in [4.69, 9.17) is 11.6 Å². The van der Waals surface area contributed by atoms with Crippen LogP contribution < -0.4 is 4.90 Å². The Hall–Kier alpha value is -2.29. The first kappa shape index (κ1) is 28.7. The minimum Gasteiger partial charge on any atom is -0.396 e. The minimum atomic E-state index is -0.756. The number of aryl methyl sites for hydroxylation is 1. The maximum absolute atomic E-state index is 14.5. The van der Waals surface area contributed by atoms with Crippen LogP contribution >= 0.6 is 23.4 Å². The lowest BCUT2D eigenvalue weighted by molar-refractivity contribution is -0.144. The number of aliphatic hydroxyl groups is 1. The molecule has 3 heterocycles. The fourth-order valence-electron chi connectivity index (χ4n) is 6.66. The van der Waals surface area contributed by atoms with Gasteiger partial charge in [-0.3, -0.25) is 14.4 Å². The Bertz CT molecular complexity index is 1090. The topological polar surface area (TPSA) is 81.2 Å². The SMILES string of the molecule is C=CCN(CCC)C(=O)[C@@H]1[C@@H]2CCC3(S2)C(C(=O)N(CC=C)c2c(C)cccc2Cl)N(CCCO)C(=O)[C@H]13. The van der Waals surface area contributed by atoms with Crippen LogP contribution in [0.2, 0.25) is 5.02 Å². The first-order valence-corrected chi connectivity index (χ1v) is 14.7. The van der Waals surface area contributed by atoms with E-state index in [1.165, 1.54) is 0 Å². The number of anilines is 1. The number of carbonyl (C=O) groups excluding carboxylic acids is 3. The molecular weight excluding hydrogens is 522 g/mol. The standard InChI is InChI=1S/C29H38ClN3O4S/c1-5-14-31(15-6-2)26(35)22-21-12-13-29(38-21)23(22)27(36)33(17-9-18-34)25(29)28(37)32(16-7-3)24-19(4)10-8-11-20(24)30/h5,7-8,10-11,21-23,25,34H,1,3,6,9,12-18H2,2,4H3/t21-,22+,23-,25?,29?/m0/s1.